The van der Waals surface area contributed by atoms with Gasteiger partial charge in [-0.15, -0.1) is 0 Å². The van der Waals surface area contributed by atoms with Crippen LogP contribution in [0.1, 0.15) is 11.1 Å². The molecule has 0 atom stereocenters. The second-order valence-electron chi connectivity index (χ2n) is 9.28. The summed E-state index contributed by atoms with van der Waals surface area (Å²) in [7, 11) is 0. The fourth-order valence-corrected chi connectivity index (χ4v) is 5.89. The minimum absolute atomic E-state index is 0.0308. The van der Waals surface area contributed by atoms with Crippen molar-refractivity contribution in [3.05, 3.63) is 124 Å². The van der Waals surface area contributed by atoms with Crippen LogP contribution >= 0.6 is 0 Å². The minimum atomic E-state index is 0.0308. The van der Waals surface area contributed by atoms with Crippen LogP contribution in [0.4, 0.5) is 0 Å². The van der Waals surface area contributed by atoms with Crippen LogP contribution in [0.25, 0.3) is 60.6 Å². The van der Waals surface area contributed by atoms with Gasteiger partial charge >= 0.3 is 0 Å². The molecule has 2 aromatic heterocycles. The number of para-hydroxylation sites is 3. The van der Waals surface area contributed by atoms with Crippen LogP contribution < -0.4 is 5.43 Å². The fraction of sp³-hybridized carbons (Fsp3) is 0.0312. The highest BCUT2D eigenvalue weighted by molar-refractivity contribution is 6.09. The summed E-state index contributed by atoms with van der Waals surface area (Å²) < 4.78 is 8.56. The van der Waals surface area contributed by atoms with E-state index in [0.717, 1.165) is 12.0 Å². The lowest BCUT2D eigenvalue weighted by Crippen LogP contribution is -2.02. The Bertz CT molecular complexity index is 2010. The first-order valence-corrected chi connectivity index (χ1v) is 11.9. The van der Waals surface area contributed by atoms with E-state index in [4.69, 9.17) is 4.42 Å². The third kappa shape index (κ3) is 2.47. The van der Waals surface area contributed by atoms with Gasteiger partial charge in [0.25, 0.3) is 0 Å². The summed E-state index contributed by atoms with van der Waals surface area (Å²) in [4.78, 5) is 13.2. The Morgan fingerprint density at radius 2 is 1.29 bits per heavy atom. The predicted octanol–water partition coefficient (Wildman–Crippen LogP) is 7.61. The number of benzene rings is 5. The van der Waals surface area contributed by atoms with Crippen molar-refractivity contribution in [1.82, 2.24) is 4.57 Å². The van der Waals surface area contributed by atoms with Crippen molar-refractivity contribution in [2.24, 2.45) is 0 Å². The summed E-state index contributed by atoms with van der Waals surface area (Å²) in [6.45, 7) is 0. The fourth-order valence-electron chi connectivity index (χ4n) is 5.89. The number of fused-ring (bicyclic) bond motifs is 8. The minimum Gasteiger partial charge on any atom is -0.456 e. The van der Waals surface area contributed by atoms with Crippen LogP contribution in [0.5, 0.6) is 0 Å². The van der Waals surface area contributed by atoms with Crippen LogP contribution in [0.3, 0.4) is 0 Å². The van der Waals surface area contributed by atoms with Gasteiger partial charge in [0.05, 0.1) is 27.5 Å². The molecule has 1 aliphatic rings. The quantitative estimate of drug-likeness (QED) is 0.242. The second-order valence-corrected chi connectivity index (χ2v) is 9.28. The van der Waals surface area contributed by atoms with Crippen molar-refractivity contribution in [2.45, 2.75) is 6.42 Å². The molecule has 1 aliphatic carbocycles. The molecule has 0 saturated heterocycles. The normalized spacial score (nSPS) is 12.6. The van der Waals surface area contributed by atoms with Crippen LogP contribution in [0, 0.1) is 0 Å². The van der Waals surface area contributed by atoms with Gasteiger partial charge in [0.15, 0.2) is 0 Å². The third-order valence-corrected chi connectivity index (χ3v) is 7.43. The smallest absolute Gasteiger partial charge is 0.200 e. The molecule has 5 aromatic carbocycles. The largest absolute Gasteiger partial charge is 0.456 e. The molecule has 0 radical (unpaired) electrons. The van der Waals surface area contributed by atoms with E-state index < -0.39 is 0 Å². The molecular formula is C32H19NO2. The van der Waals surface area contributed by atoms with Crippen molar-refractivity contribution in [2.75, 3.05) is 0 Å². The van der Waals surface area contributed by atoms with E-state index in [-0.39, 0.29) is 5.43 Å². The summed E-state index contributed by atoms with van der Waals surface area (Å²) >= 11 is 0. The van der Waals surface area contributed by atoms with Gasteiger partial charge < -0.3 is 8.98 Å². The monoisotopic (exact) mass is 449 g/mol. The van der Waals surface area contributed by atoms with E-state index in [2.05, 4.69) is 77.4 Å². The van der Waals surface area contributed by atoms with Crippen molar-refractivity contribution in [3.63, 3.8) is 0 Å². The zero-order chi connectivity index (χ0) is 23.1. The highest BCUT2D eigenvalue weighted by Crippen LogP contribution is 2.43. The molecule has 0 aliphatic heterocycles. The van der Waals surface area contributed by atoms with Crippen LogP contribution in [-0.4, -0.2) is 4.57 Å². The number of hydrogen-bond acceptors (Lipinski definition) is 2. The van der Waals surface area contributed by atoms with Gasteiger partial charge in [-0.05, 0) is 64.7 Å². The van der Waals surface area contributed by atoms with Gasteiger partial charge in [0.1, 0.15) is 11.2 Å². The number of nitrogens with zero attached hydrogens (tertiary/aromatic N) is 1. The topological polar surface area (TPSA) is 35.1 Å². The zero-order valence-corrected chi connectivity index (χ0v) is 18.8. The molecule has 164 valence electrons. The molecule has 3 heteroatoms. The lowest BCUT2D eigenvalue weighted by Gasteiger charge is -2.13. The Labute approximate surface area is 200 Å². The average Bonchev–Trinajstić information content (AvgIpc) is 3.43. The van der Waals surface area contributed by atoms with E-state index in [1.807, 2.05) is 30.3 Å². The Morgan fingerprint density at radius 1 is 0.600 bits per heavy atom. The van der Waals surface area contributed by atoms with Crippen molar-refractivity contribution in [1.29, 1.82) is 0 Å². The summed E-state index contributed by atoms with van der Waals surface area (Å²) in [5.41, 5.74) is 9.69. The summed E-state index contributed by atoms with van der Waals surface area (Å²) in [6.07, 6.45) is 0.782. The van der Waals surface area contributed by atoms with E-state index in [1.54, 1.807) is 0 Å². The van der Waals surface area contributed by atoms with Crippen molar-refractivity contribution < 1.29 is 4.42 Å². The molecule has 2 heterocycles. The molecule has 0 unspecified atom stereocenters. The standard InChI is InChI=1S/C32H19NO2/c34-32-23-10-3-6-15-30(23)35-31-18-24-19(17-26(31)32)16-25-20(24)11-7-14-29(25)33-27-12-4-1-8-21(27)22-9-2-5-13-28(22)33/h1-15,17-18H,16H2. The molecule has 35 heavy (non-hydrogen) atoms. The number of aromatic nitrogens is 1. The number of hydrogen-bond donors (Lipinski definition) is 0. The molecule has 0 spiro atoms. The Kier molecular flexibility index (Phi) is 3.59. The Balaban J connectivity index is 1.42. The molecule has 3 nitrogen and oxygen atoms in total. The Morgan fingerprint density at radius 3 is 2.06 bits per heavy atom. The predicted molar refractivity (Wildman–Crippen MR) is 143 cm³/mol. The van der Waals surface area contributed by atoms with Crippen molar-refractivity contribution in [3.8, 4) is 16.8 Å². The lowest BCUT2D eigenvalue weighted by molar-refractivity contribution is 0.660. The third-order valence-electron chi connectivity index (χ3n) is 7.43. The van der Waals surface area contributed by atoms with E-state index >= 15 is 0 Å². The lowest BCUT2D eigenvalue weighted by atomic mass is 10.0. The van der Waals surface area contributed by atoms with Gasteiger partial charge in [-0.2, -0.15) is 0 Å². The summed E-state index contributed by atoms with van der Waals surface area (Å²) in [5.74, 6) is 0. The van der Waals surface area contributed by atoms with Crippen LogP contribution in [-0.2, 0) is 6.42 Å². The Hall–Kier alpha value is -4.63. The summed E-state index contributed by atoms with van der Waals surface area (Å²) in [6, 6.07) is 35.3. The molecule has 0 bridgehead atoms. The first-order valence-electron chi connectivity index (χ1n) is 11.9. The van der Waals surface area contributed by atoms with E-state index in [1.165, 1.54) is 44.2 Å². The maximum absolute atomic E-state index is 13.2. The van der Waals surface area contributed by atoms with Crippen LogP contribution in [0.2, 0.25) is 0 Å². The average molecular weight is 450 g/mol. The summed E-state index contributed by atoms with van der Waals surface area (Å²) in [5, 5.41) is 3.78. The van der Waals surface area contributed by atoms with Gasteiger partial charge in [-0.25, -0.2) is 0 Å². The maximum atomic E-state index is 13.2. The SMILES string of the molecule is O=c1c2ccccc2oc2cc3c(cc12)Cc1c-3cccc1-n1c2ccccc2c2ccccc21. The van der Waals surface area contributed by atoms with Gasteiger partial charge in [0.2, 0.25) is 5.43 Å². The van der Waals surface area contributed by atoms with Gasteiger partial charge in [-0.3, -0.25) is 4.79 Å². The maximum Gasteiger partial charge on any atom is 0.200 e. The van der Waals surface area contributed by atoms with Gasteiger partial charge in [0, 0.05) is 17.2 Å². The van der Waals surface area contributed by atoms with Gasteiger partial charge in [-0.1, -0.05) is 60.7 Å². The molecule has 0 saturated carbocycles. The molecule has 8 rings (SSSR count). The molecule has 0 fully saturated rings. The second kappa shape index (κ2) is 6.71. The molecule has 0 amide bonds. The highest BCUT2D eigenvalue weighted by Gasteiger charge is 2.25. The van der Waals surface area contributed by atoms with Crippen LogP contribution in [0.15, 0.2) is 112 Å². The first-order chi connectivity index (χ1) is 17.3. The van der Waals surface area contributed by atoms with Crippen molar-refractivity contribution >= 4 is 43.7 Å². The van der Waals surface area contributed by atoms with E-state index in [0.29, 0.717) is 21.9 Å². The molecule has 7 aromatic rings. The number of rotatable bonds is 1. The highest BCUT2D eigenvalue weighted by atomic mass is 16.3. The first kappa shape index (κ1) is 18.8. The zero-order valence-electron chi connectivity index (χ0n) is 18.8. The molecule has 0 N–H and O–H groups in total. The molecular weight excluding hydrogens is 430 g/mol. The van der Waals surface area contributed by atoms with E-state index in [9.17, 15) is 4.79 Å².